The lowest BCUT2D eigenvalue weighted by Crippen LogP contribution is -2.42. The molecule has 0 saturated carbocycles. The summed E-state index contributed by atoms with van der Waals surface area (Å²) in [7, 11) is 0. The number of hydrogen-bond donors (Lipinski definition) is 2. The fraction of sp³-hybridized carbons (Fsp3) is 0.357. The van der Waals surface area contributed by atoms with E-state index < -0.39 is 23.8 Å². The SMILES string of the molecule is O=C(O)[C@H]1Nc2c(cccc2C(F)(F)F)[C@H]2C=CC[C@H]12. The van der Waals surface area contributed by atoms with Crippen LogP contribution in [0.3, 0.4) is 0 Å². The van der Waals surface area contributed by atoms with Crippen molar-refractivity contribution >= 4 is 11.7 Å². The van der Waals surface area contributed by atoms with Crippen molar-refractivity contribution in [1.82, 2.24) is 0 Å². The summed E-state index contributed by atoms with van der Waals surface area (Å²) in [5.41, 5.74) is -0.378. The monoisotopic (exact) mass is 283 g/mol. The third-order valence-corrected chi connectivity index (χ3v) is 3.97. The van der Waals surface area contributed by atoms with Gasteiger partial charge in [-0.15, -0.1) is 0 Å². The number of rotatable bonds is 1. The molecule has 0 aromatic heterocycles. The molecule has 6 heteroatoms. The van der Waals surface area contributed by atoms with Crippen LogP contribution in [0.15, 0.2) is 30.4 Å². The molecule has 1 aromatic carbocycles. The largest absolute Gasteiger partial charge is 0.480 e. The molecule has 106 valence electrons. The predicted octanol–water partition coefficient (Wildman–Crippen LogP) is 3.24. The highest BCUT2D eigenvalue weighted by Crippen LogP contribution is 2.48. The van der Waals surface area contributed by atoms with Gasteiger partial charge in [-0.25, -0.2) is 4.79 Å². The van der Waals surface area contributed by atoms with E-state index in [4.69, 9.17) is 0 Å². The first-order chi connectivity index (χ1) is 9.39. The summed E-state index contributed by atoms with van der Waals surface area (Å²) in [6.07, 6.45) is -0.302. The minimum Gasteiger partial charge on any atom is -0.480 e. The number of hydrogen-bond acceptors (Lipinski definition) is 2. The summed E-state index contributed by atoms with van der Waals surface area (Å²) in [6, 6.07) is 2.98. The van der Waals surface area contributed by atoms with Crippen molar-refractivity contribution in [2.75, 3.05) is 5.32 Å². The van der Waals surface area contributed by atoms with E-state index in [9.17, 15) is 23.1 Å². The Bertz CT molecular complexity index is 595. The van der Waals surface area contributed by atoms with Gasteiger partial charge in [-0.05, 0) is 18.1 Å². The number of carboxylic acid groups (broad SMARTS) is 1. The van der Waals surface area contributed by atoms with Crippen molar-refractivity contribution in [1.29, 1.82) is 0 Å². The molecule has 3 atom stereocenters. The summed E-state index contributed by atoms with van der Waals surface area (Å²) in [4.78, 5) is 11.3. The third-order valence-electron chi connectivity index (χ3n) is 3.97. The fourth-order valence-electron chi connectivity index (χ4n) is 3.10. The normalized spacial score (nSPS) is 27.6. The van der Waals surface area contributed by atoms with E-state index in [2.05, 4.69) is 5.32 Å². The van der Waals surface area contributed by atoms with Gasteiger partial charge in [-0.3, -0.25) is 0 Å². The van der Waals surface area contributed by atoms with E-state index >= 15 is 0 Å². The minimum atomic E-state index is -4.50. The molecule has 1 heterocycles. The molecule has 0 fully saturated rings. The Balaban J connectivity index is 2.15. The third kappa shape index (κ3) is 1.87. The topological polar surface area (TPSA) is 49.3 Å². The number of fused-ring (bicyclic) bond motifs is 3. The number of halogens is 3. The molecule has 0 bridgehead atoms. The number of carbonyl (C=O) groups is 1. The second kappa shape index (κ2) is 4.26. The molecular weight excluding hydrogens is 271 g/mol. The number of anilines is 1. The molecule has 1 aliphatic carbocycles. The Hall–Kier alpha value is -1.98. The van der Waals surface area contributed by atoms with Gasteiger partial charge >= 0.3 is 12.1 Å². The lowest BCUT2D eigenvalue weighted by atomic mass is 9.78. The average molecular weight is 283 g/mol. The van der Waals surface area contributed by atoms with Crippen LogP contribution in [0.1, 0.15) is 23.5 Å². The van der Waals surface area contributed by atoms with Crippen molar-refractivity contribution in [3.05, 3.63) is 41.5 Å². The number of nitrogens with one attached hydrogen (secondary N) is 1. The first-order valence-corrected chi connectivity index (χ1v) is 6.25. The molecule has 0 radical (unpaired) electrons. The van der Waals surface area contributed by atoms with E-state index in [0.717, 1.165) is 6.07 Å². The zero-order chi connectivity index (χ0) is 14.5. The Labute approximate surface area is 113 Å². The van der Waals surface area contributed by atoms with Crippen molar-refractivity contribution < 1.29 is 23.1 Å². The van der Waals surface area contributed by atoms with Crippen molar-refractivity contribution in [2.45, 2.75) is 24.6 Å². The Kier molecular flexibility index (Phi) is 2.77. The van der Waals surface area contributed by atoms with Gasteiger partial charge in [0, 0.05) is 11.8 Å². The van der Waals surface area contributed by atoms with Gasteiger partial charge in [0.15, 0.2) is 0 Å². The zero-order valence-corrected chi connectivity index (χ0v) is 10.3. The number of aliphatic carboxylic acids is 1. The number of para-hydroxylation sites is 1. The highest BCUT2D eigenvalue weighted by atomic mass is 19.4. The molecule has 0 unspecified atom stereocenters. The number of benzene rings is 1. The van der Waals surface area contributed by atoms with E-state index in [1.54, 1.807) is 12.1 Å². The van der Waals surface area contributed by atoms with E-state index in [1.165, 1.54) is 6.07 Å². The molecule has 1 aliphatic heterocycles. The lowest BCUT2D eigenvalue weighted by Gasteiger charge is -2.36. The van der Waals surface area contributed by atoms with Gasteiger partial charge in [0.2, 0.25) is 0 Å². The quantitative estimate of drug-likeness (QED) is 0.778. The number of allylic oxidation sites excluding steroid dienone is 2. The van der Waals surface area contributed by atoms with Crippen molar-refractivity contribution in [3.63, 3.8) is 0 Å². The average Bonchev–Trinajstić information content (AvgIpc) is 2.84. The van der Waals surface area contributed by atoms with Crippen LogP contribution in [0.25, 0.3) is 0 Å². The first kappa shape index (κ1) is 13.0. The summed E-state index contributed by atoms with van der Waals surface area (Å²) in [5, 5.41) is 11.8. The van der Waals surface area contributed by atoms with Gasteiger partial charge in [-0.1, -0.05) is 24.3 Å². The lowest BCUT2D eigenvalue weighted by molar-refractivity contribution is -0.140. The van der Waals surface area contributed by atoms with E-state index in [1.807, 2.05) is 6.08 Å². The zero-order valence-electron chi connectivity index (χ0n) is 10.3. The van der Waals surface area contributed by atoms with Crippen LogP contribution in [0.5, 0.6) is 0 Å². The van der Waals surface area contributed by atoms with Gasteiger partial charge in [-0.2, -0.15) is 13.2 Å². The molecule has 3 rings (SSSR count). The Morgan fingerprint density at radius 2 is 2.10 bits per heavy atom. The molecular formula is C14H12F3NO2. The second-order valence-electron chi connectivity index (χ2n) is 5.08. The molecule has 1 aromatic rings. The van der Waals surface area contributed by atoms with Crippen LogP contribution in [0, 0.1) is 5.92 Å². The van der Waals surface area contributed by atoms with Gasteiger partial charge < -0.3 is 10.4 Å². The maximum atomic E-state index is 13.0. The summed E-state index contributed by atoms with van der Waals surface area (Å²) >= 11 is 0. The van der Waals surface area contributed by atoms with Crippen molar-refractivity contribution in [2.24, 2.45) is 5.92 Å². The number of alkyl halides is 3. The molecule has 0 spiro atoms. The summed E-state index contributed by atoms with van der Waals surface area (Å²) in [6.45, 7) is 0. The Morgan fingerprint density at radius 1 is 1.35 bits per heavy atom. The highest BCUT2D eigenvalue weighted by Gasteiger charge is 2.44. The van der Waals surface area contributed by atoms with Gasteiger partial charge in [0.05, 0.1) is 11.3 Å². The van der Waals surface area contributed by atoms with E-state index in [0.29, 0.717) is 12.0 Å². The minimum absolute atomic E-state index is 0.0970. The standard InChI is InChI=1S/C14H12F3NO2/c15-14(16,17)10-6-2-5-8-7-3-1-4-9(7)12(13(19)20)18-11(8)10/h1-3,5-7,9,12,18H,4H2,(H,19,20)/t7-,9+,12+/m1/s1. The fourth-order valence-corrected chi connectivity index (χ4v) is 3.10. The van der Waals surface area contributed by atoms with Crippen LogP contribution >= 0.6 is 0 Å². The molecule has 3 nitrogen and oxygen atoms in total. The first-order valence-electron chi connectivity index (χ1n) is 6.25. The van der Waals surface area contributed by atoms with Crippen LogP contribution < -0.4 is 5.32 Å². The highest BCUT2D eigenvalue weighted by molar-refractivity contribution is 5.81. The maximum Gasteiger partial charge on any atom is 0.418 e. The molecule has 20 heavy (non-hydrogen) atoms. The summed E-state index contributed by atoms with van der Waals surface area (Å²) in [5.74, 6) is -1.62. The van der Waals surface area contributed by atoms with Crippen LogP contribution in [0.4, 0.5) is 18.9 Å². The molecule has 0 amide bonds. The van der Waals surface area contributed by atoms with Gasteiger partial charge in [0.1, 0.15) is 6.04 Å². The second-order valence-corrected chi connectivity index (χ2v) is 5.08. The maximum absolute atomic E-state index is 13.0. The molecule has 0 saturated heterocycles. The van der Waals surface area contributed by atoms with Gasteiger partial charge in [0.25, 0.3) is 0 Å². The van der Waals surface area contributed by atoms with Crippen LogP contribution in [0.2, 0.25) is 0 Å². The molecule has 2 N–H and O–H groups in total. The summed E-state index contributed by atoms with van der Waals surface area (Å²) < 4.78 is 39.1. The van der Waals surface area contributed by atoms with E-state index in [-0.39, 0.29) is 17.5 Å². The smallest absolute Gasteiger partial charge is 0.418 e. The van der Waals surface area contributed by atoms with Crippen LogP contribution in [-0.2, 0) is 11.0 Å². The van der Waals surface area contributed by atoms with Crippen molar-refractivity contribution in [3.8, 4) is 0 Å². The number of carboxylic acids is 1. The van der Waals surface area contributed by atoms with Crippen LogP contribution in [-0.4, -0.2) is 17.1 Å². The predicted molar refractivity (Wildman–Crippen MR) is 66.5 cm³/mol. The molecule has 2 aliphatic rings. The Morgan fingerprint density at radius 3 is 2.75 bits per heavy atom.